The maximum Gasteiger partial charge on any atom is 0.416 e. The molecule has 1 aromatic heterocycles. The molecule has 0 bridgehead atoms. The Morgan fingerprint density at radius 1 is 0.931 bits per heavy atom. The monoisotopic (exact) mass is 419 g/mol. The Morgan fingerprint density at radius 3 is 1.93 bits per heavy atom. The van der Waals surface area contributed by atoms with E-state index in [1.807, 2.05) is 19.9 Å². The molecular weight excluding hydrogens is 399 g/mol. The molecule has 2 aromatic carbocycles. The van der Waals surface area contributed by atoms with Crippen LogP contribution in [0.4, 0.5) is 13.2 Å². The second-order valence-corrected chi connectivity index (χ2v) is 8.06. The van der Waals surface area contributed by atoms with E-state index >= 15 is 0 Å². The van der Waals surface area contributed by atoms with Gasteiger partial charge in [-0.2, -0.15) is 13.2 Å². The predicted octanol–water partition coefficient (Wildman–Crippen LogP) is 6.31. The molecule has 3 rings (SSSR count). The zero-order valence-corrected chi connectivity index (χ0v) is 16.7. The van der Waals surface area contributed by atoms with Gasteiger partial charge >= 0.3 is 6.18 Å². The second kappa shape index (κ2) is 8.29. The molecule has 3 aromatic rings. The summed E-state index contributed by atoms with van der Waals surface area (Å²) in [5.41, 5.74) is 6.14. The highest BCUT2D eigenvalue weighted by Gasteiger charge is 2.30. The Hall–Kier alpha value is -2.80. The van der Waals surface area contributed by atoms with Crippen molar-refractivity contribution in [2.24, 2.45) is 11.7 Å². The van der Waals surface area contributed by atoms with Crippen molar-refractivity contribution in [3.63, 3.8) is 0 Å². The molecule has 0 spiro atoms. The minimum absolute atomic E-state index is 0.156. The fourth-order valence-electron chi connectivity index (χ4n) is 2.89. The topological polar surface area (TPSA) is 52.3 Å². The van der Waals surface area contributed by atoms with Gasteiger partial charge in [0.15, 0.2) is 0 Å². The van der Waals surface area contributed by atoms with E-state index in [9.17, 15) is 18.0 Å². The highest BCUT2D eigenvalue weighted by Crippen LogP contribution is 2.34. The van der Waals surface area contributed by atoms with E-state index < -0.39 is 17.6 Å². The Kier molecular flexibility index (Phi) is 5.98. The molecule has 7 heteroatoms. The van der Waals surface area contributed by atoms with Gasteiger partial charge in [-0.05, 0) is 53.4 Å². The molecule has 1 atom stereocenters. The summed E-state index contributed by atoms with van der Waals surface area (Å²) in [6.45, 7) is 4.04. The van der Waals surface area contributed by atoms with Gasteiger partial charge in [-0.25, -0.2) is 0 Å². The number of halogens is 3. The number of hydrogen-bond acceptors (Lipinski definition) is 3. The maximum absolute atomic E-state index is 12.7. The van der Waals surface area contributed by atoms with Crippen LogP contribution in [0.25, 0.3) is 11.1 Å². The lowest BCUT2D eigenvalue weighted by atomic mass is 10.0. The van der Waals surface area contributed by atoms with Gasteiger partial charge in [0.2, 0.25) is 0 Å². The lowest BCUT2D eigenvalue weighted by molar-refractivity contribution is -0.137. The molecule has 0 radical (unpaired) electrons. The molecular formula is C22H20F3NO2S. The number of carbonyl (C=O) groups excluding carboxylic acids is 1. The SMILES string of the molecule is CC(C)C(Oc1ccc(-c2ccc(C(F)(F)F)cc2)cc1)c1ccc(C(N)=O)s1. The zero-order chi connectivity index (χ0) is 21.2. The van der Waals surface area contributed by atoms with Crippen molar-refractivity contribution in [1.82, 2.24) is 0 Å². The summed E-state index contributed by atoms with van der Waals surface area (Å²) in [5, 5.41) is 0. The van der Waals surface area contributed by atoms with Gasteiger partial charge in [0, 0.05) is 4.88 Å². The molecule has 0 aliphatic carbocycles. The van der Waals surface area contributed by atoms with E-state index in [1.165, 1.54) is 23.5 Å². The Balaban J connectivity index is 1.77. The van der Waals surface area contributed by atoms with Crippen molar-refractivity contribution in [3.05, 3.63) is 76.0 Å². The second-order valence-electron chi connectivity index (χ2n) is 6.95. The van der Waals surface area contributed by atoms with Crippen LogP contribution >= 0.6 is 11.3 Å². The van der Waals surface area contributed by atoms with Crippen LogP contribution < -0.4 is 10.5 Å². The highest BCUT2D eigenvalue weighted by atomic mass is 32.1. The zero-order valence-electron chi connectivity index (χ0n) is 15.9. The van der Waals surface area contributed by atoms with Crippen LogP contribution in [0.3, 0.4) is 0 Å². The number of carbonyl (C=O) groups is 1. The van der Waals surface area contributed by atoms with Crippen molar-refractivity contribution in [3.8, 4) is 16.9 Å². The van der Waals surface area contributed by atoms with Crippen LogP contribution in [0, 0.1) is 5.92 Å². The molecule has 0 aliphatic heterocycles. The van der Waals surface area contributed by atoms with Gasteiger partial charge in [0.1, 0.15) is 11.9 Å². The average Bonchev–Trinajstić information content (AvgIpc) is 3.16. The molecule has 0 saturated heterocycles. The Morgan fingerprint density at radius 2 is 1.48 bits per heavy atom. The van der Waals surface area contributed by atoms with Crippen molar-refractivity contribution in [2.45, 2.75) is 26.1 Å². The van der Waals surface area contributed by atoms with Gasteiger partial charge in [0.25, 0.3) is 5.91 Å². The highest BCUT2D eigenvalue weighted by molar-refractivity contribution is 7.14. The molecule has 29 heavy (non-hydrogen) atoms. The van der Waals surface area contributed by atoms with Crippen LogP contribution in [0.15, 0.2) is 60.7 Å². The summed E-state index contributed by atoms with van der Waals surface area (Å²) in [6, 6.07) is 15.7. The third-order valence-corrected chi connectivity index (χ3v) is 5.58. The largest absolute Gasteiger partial charge is 0.485 e. The normalized spacial score (nSPS) is 12.8. The number of nitrogens with two attached hydrogens (primary N) is 1. The Labute approximate surface area is 170 Å². The summed E-state index contributed by atoms with van der Waals surface area (Å²) in [6.07, 6.45) is -4.59. The van der Waals surface area contributed by atoms with E-state index in [0.717, 1.165) is 22.6 Å². The first-order chi connectivity index (χ1) is 13.6. The van der Waals surface area contributed by atoms with Crippen LogP contribution in [0.1, 0.15) is 40.1 Å². The van der Waals surface area contributed by atoms with E-state index in [1.54, 1.807) is 30.3 Å². The van der Waals surface area contributed by atoms with Crippen molar-refractivity contribution in [1.29, 1.82) is 0 Å². The number of benzene rings is 2. The van der Waals surface area contributed by atoms with Crippen LogP contribution in [0.2, 0.25) is 0 Å². The third-order valence-electron chi connectivity index (χ3n) is 4.42. The number of ether oxygens (including phenoxy) is 1. The average molecular weight is 419 g/mol. The molecule has 1 unspecified atom stereocenters. The molecule has 1 amide bonds. The first-order valence-corrected chi connectivity index (χ1v) is 9.80. The standard InChI is InChI=1S/C22H20F3NO2S/c1-13(2)20(18-11-12-19(29-18)21(26)27)28-17-9-5-15(6-10-17)14-3-7-16(8-4-14)22(23,24)25/h3-13,20H,1-2H3,(H2,26,27). The fourth-order valence-corrected chi connectivity index (χ4v) is 3.95. The molecule has 1 heterocycles. The van der Waals surface area contributed by atoms with Gasteiger partial charge in [-0.15, -0.1) is 11.3 Å². The first-order valence-electron chi connectivity index (χ1n) is 8.99. The number of rotatable bonds is 6. The minimum atomic E-state index is -4.35. The number of primary amides is 1. The van der Waals surface area contributed by atoms with Crippen LogP contribution in [-0.4, -0.2) is 5.91 Å². The minimum Gasteiger partial charge on any atom is -0.485 e. The van der Waals surface area contributed by atoms with Crippen molar-refractivity contribution >= 4 is 17.2 Å². The maximum atomic E-state index is 12.7. The first kappa shape index (κ1) is 20.9. The van der Waals surface area contributed by atoms with Gasteiger partial charge in [0.05, 0.1) is 10.4 Å². The third kappa shape index (κ3) is 4.98. The smallest absolute Gasteiger partial charge is 0.416 e. The van der Waals surface area contributed by atoms with E-state index in [2.05, 4.69) is 0 Å². The molecule has 0 fully saturated rings. The number of hydrogen-bond donors (Lipinski definition) is 1. The molecule has 3 nitrogen and oxygen atoms in total. The van der Waals surface area contributed by atoms with Crippen molar-refractivity contribution in [2.75, 3.05) is 0 Å². The van der Waals surface area contributed by atoms with E-state index in [4.69, 9.17) is 10.5 Å². The Bertz CT molecular complexity index is 977. The van der Waals surface area contributed by atoms with Gasteiger partial charge in [-0.3, -0.25) is 4.79 Å². The summed E-state index contributed by atoms with van der Waals surface area (Å²) >= 11 is 1.31. The predicted molar refractivity (Wildman–Crippen MR) is 108 cm³/mol. The quantitative estimate of drug-likeness (QED) is 0.509. The van der Waals surface area contributed by atoms with Gasteiger partial charge < -0.3 is 10.5 Å². The van der Waals surface area contributed by atoms with E-state index in [0.29, 0.717) is 16.2 Å². The lowest BCUT2D eigenvalue weighted by Crippen LogP contribution is -2.13. The summed E-state index contributed by atoms with van der Waals surface area (Å²) in [4.78, 5) is 12.7. The van der Waals surface area contributed by atoms with Crippen molar-refractivity contribution < 1.29 is 22.7 Å². The molecule has 152 valence electrons. The summed E-state index contributed by atoms with van der Waals surface area (Å²) in [5.74, 6) is 0.321. The number of thiophene rings is 1. The molecule has 2 N–H and O–H groups in total. The van der Waals surface area contributed by atoms with E-state index in [-0.39, 0.29) is 12.0 Å². The summed E-state index contributed by atoms with van der Waals surface area (Å²) in [7, 11) is 0. The number of alkyl halides is 3. The lowest BCUT2D eigenvalue weighted by Gasteiger charge is -2.21. The fraction of sp³-hybridized carbons (Fsp3) is 0.227. The molecule has 0 aliphatic rings. The van der Waals surface area contributed by atoms with Crippen LogP contribution in [0.5, 0.6) is 5.75 Å². The van der Waals surface area contributed by atoms with Gasteiger partial charge in [-0.1, -0.05) is 38.1 Å². The molecule has 0 saturated carbocycles. The number of amides is 1. The van der Waals surface area contributed by atoms with Crippen LogP contribution in [-0.2, 0) is 6.18 Å². The summed E-state index contributed by atoms with van der Waals surface area (Å²) < 4.78 is 44.2.